The molecule has 3 aromatic rings. The van der Waals surface area contributed by atoms with Gasteiger partial charge in [0.25, 0.3) is 0 Å². The highest BCUT2D eigenvalue weighted by atomic mass is 16.5. The second-order valence-electron chi connectivity index (χ2n) is 9.19. The molecule has 1 aliphatic heterocycles. The maximum Gasteiger partial charge on any atom is 0.228 e. The third-order valence-corrected chi connectivity index (χ3v) is 6.83. The van der Waals surface area contributed by atoms with E-state index in [-0.39, 0.29) is 11.8 Å². The summed E-state index contributed by atoms with van der Waals surface area (Å²) in [5, 5.41) is 7.04. The first-order valence-corrected chi connectivity index (χ1v) is 11.4. The van der Waals surface area contributed by atoms with Gasteiger partial charge < -0.3 is 14.7 Å². The number of benzene rings is 2. The smallest absolute Gasteiger partial charge is 0.228 e. The molecular formula is C27H31N3O3. The number of amides is 2. The van der Waals surface area contributed by atoms with Gasteiger partial charge in [-0.1, -0.05) is 47.6 Å². The van der Waals surface area contributed by atoms with Crippen LogP contribution in [0.25, 0.3) is 11.3 Å². The van der Waals surface area contributed by atoms with Crippen LogP contribution < -0.4 is 5.32 Å². The summed E-state index contributed by atoms with van der Waals surface area (Å²) in [6.45, 7) is 7.07. The standard InChI is InChI=1S/C27H31N3O3/c1-18-9-10-21(13-20(18)3)14-25(31)30-12-11-27(17-30,26(32)28-4)16-22-15-24(29-33-22)23-8-6-5-7-19(23)2/h5-10,13,15H,11-12,14,16-17H2,1-4H3,(H,28,32). The molecule has 1 fully saturated rings. The average Bonchev–Trinajstić information content (AvgIpc) is 3.44. The molecule has 1 N–H and O–H groups in total. The first-order valence-electron chi connectivity index (χ1n) is 11.4. The molecule has 0 saturated carbocycles. The van der Waals surface area contributed by atoms with Crippen molar-refractivity contribution in [3.8, 4) is 11.3 Å². The molecule has 1 atom stereocenters. The molecule has 2 heterocycles. The zero-order valence-corrected chi connectivity index (χ0v) is 19.8. The Morgan fingerprint density at radius 2 is 1.85 bits per heavy atom. The van der Waals surface area contributed by atoms with Gasteiger partial charge in [0.15, 0.2) is 0 Å². The lowest BCUT2D eigenvalue weighted by Gasteiger charge is -2.26. The molecule has 6 nitrogen and oxygen atoms in total. The fraction of sp³-hybridized carbons (Fsp3) is 0.370. The Labute approximate surface area is 195 Å². The highest BCUT2D eigenvalue weighted by Gasteiger charge is 2.46. The number of carbonyl (C=O) groups excluding carboxylic acids is 2. The molecule has 2 amide bonds. The van der Waals surface area contributed by atoms with Crippen LogP contribution in [0.3, 0.4) is 0 Å². The Morgan fingerprint density at radius 3 is 2.58 bits per heavy atom. The monoisotopic (exact) mass is 445 g/mol. The number of nitrogens with zero attached hydrogens (tertiary/aromatic N) is 2. The molecule has 0 spiro atoms. The number of aromatic nitrogens is 1. The van der Waals surface area contributed by atoms with Crippen LogP contribution >= 0.6 is 0 Å². The van der Waals surface area contributed by atoms with Crippen LogP contribution in [0, 0.1) is 26.2 Å². The number of aryl methyl sites for hydroxylation is 3. The van der Waals surface area contributed by atoms with Crippen LogP contribution in [0.1, 0.15) is 34.4 Å². The van der Waals surface area contributed by atoms with Crippen molar-refractivity contribution in [2.45, 2.75) is 40.0 Å². The van der Waals surface area contributed by atoms with E-state index in [1.54, 1.807) is 7.05 Å². The first kappa shape index (κ1) is 22.8. The molecule has 1 aliphatic rings. The first-order chi connectivity index (χ1) is 15.8. The fourth-order valence-corrected chi connectivity index (χ4v) is 4.68. The summed E-state index contributed by atoms with van der Waals surface area (Å²) in [5.74, 6) is 0.625. The van der Waals surface area contributed by atoms with Gasteiger partial charge in [0.2, 0.25) is 11.8 Å². The lowest BCUT2D eigenvalue weighted by molar-refractivity contribution is -0.132. The minimum Gasteiger partial charge on any atom is -0.361 e. The molecule has 1 saturated heterocycles. The van der Waals surface area contributed by atoms with Crippen LogP contribution in [-0.2, 0) is 22.4 Å². The lowest BCUT2D eigenvalue weighted by Crippen LogP contribution is -2.44. The van der Waals surface area contributed by atoms with E-state index < -0.39 is 5.41 Å². The minimum atomic E-state index is -0.726. The van der Waals surface area contributed by atoms with Gasteiger partial charge in [0, 0.05) is 38.2 Å². The van der Waals surface area contributed by atoms with Crippen molar-refractivity contribution in [3.63, 3.8) is 0 Å². The summed E-state index contributed by atoms with van der Waals surface area (Å²) in [5.41, 5.74) is 5.55. The topological polar surface area (TPSA) is 75.4 Å². The fourth-order valence-electron chi connectivity index (χ4n) is 4.68. The van der Waals surface area contributed by atoms with E-state index in [1.807, 2.05) is 54.3 Å². The molecule has 0 bridgehead atoms. The van der Waals surface area contributed by atoms with Crippen molar-refractivity contribution in [2.75, 3.05) is 20.1 Å². The van der Waals surface area contributed by atoms with Crippen molar-refractivity contribution in [1.82, 2.24) is 15.4 Å². The summed E-state index contributed by atoms with van der Waals surface area (Å²) >= 11 is 0. The van der Waals surface area contributed by atoms with Gasteiger partial charge in [-0.2, -0.15) is 0 Å². The molecule has 4 rings (SSSR count). The molecule has 0 aliphatic carbocycles. The maximum atomic E-state index is 13.0. The number of rotatable bonds is 6. The van der Waals surface area contributed by atoms with E-state index in [4.69, 9.17) is 4.52 Å². The van der Waals surface area contributed by atoms with E-state index >= 15 is 0 Å². The second kappa shape index (κ2) is 9.22. The van der Waals surface area contributed by atoms with Gasteiger partial charge in [0.1, 0.15) is 11.5 Å². The van der Waals surface area contributed by atoms with E-state index in [2.05, 4.69) is 30.4 Å². The predicted molar refractivity (Wildman–Crippen MR) is 128 cm³/mol. The highest BCUT2D eigenvalue weighted by molar-refractivity contribution is 5.86. The number of nitrogens with one attached hydrogen (secondary N) is 1. The Balaban J connectivity index is 1.50. The molecule has 2 aromatic carbocycles. The van der Waals surface area contributed by atoms with Crippen molar-refractivity contribution in [2.24, 2.45) is 5.41 Å². The van der Waals surface area contributed by atoms with E-state index in [1.165, 1.54) is 11.1 Å². The second-order valence-corrected chi connectivity index (χ2v) is 9.19. The molecule has 0 radical (unpaired) electrons. The van der Waals surface area contributed by atoms with Crippen molar-refractivity contribution < 1.29 is 14.1 Å². The Kier molecular flexibility index (Phi) is 6.36. The number of hydrogen-bond acceptors (Lipinski definition) is 4. The van der Waals surface area contributed by atoms with Crippen LogP contribution in [0.5, 0.6) is 0 Å². The van der Waals surface area contributed by atoms with Crippen LogP contribution in [0.4, 0.5) is 0 Å². The van der Waals surface area contributed by atoms with E-state index in [0.717, 1.165) is 22.4 Å². The summed E-state index contributed by atoms with van der Waals surface area (Å²) in [6.07, 6.45) is 1.33. The van der Waals surface area contributed by atoms with Crippen molar-refractivity contribution >= 4 is 11.8 Å². The van der Waals surface area contributed by atoms with Gasteiger partial charge >= 0.3 is 0 Å². The summed E-state index contributed by atoms with van der Waals surface area (Å²) in [7, 11) is 1.64. The zero-order valence-electron chi connectivity index (χ0n) is 19.8. The van der Waals surface area contributed by atoms with Gasteiger partial charge in [-0.3, -0.25) is 9.59 Å². The van der Waals surface area contributed by atoms with Crippen LogP contribution in [-0.4, -0.2) is 42.0 Å². The molecule has 33 heavy (non-hydrogen) atoms. The molecule has 6 heteroatoms. The number of carbonyl (C=O) groups is 2. The van der Waals surface area contributed by atoms with E-state index in [9.17, 15) is 9.59 Å². The van der Waals surface area contributed by atoms with Gasteiger partial charge in [-0.05, 0) is 49.4 Å². The van der Waals surface area contributed by atoms with E-state index in [0.29, 0.717) is 38.1 Å². The van der Waals surface area contributed by atoms with Crippen LogP contribution in [0.15, 0.2) is 53.1 Å². The quantitative estimate of drug-likeness (QED) is 0.622. The zero-order chi connectivity index (χ0) is 23.6. The highest BCUT2D eigenvalue weighted by Crippen LogP contribution is 2.36. The van der Waals surface area contributed by atoms with Gasteiger partial charge in [-0.25, -0.2) is 0 Å². The predicted octanol–water partition coefficient (Wildman–Crippen LogP) is 4.02. The van der Waals surface area contributed by atoms with Gasteiger partial charge in [-0.15, -0.1) is 0 Å². The van der Waals surface area contributed by atoms with Crippen molar-refractivity contribution in [3.05, 3.63) is 76.5 Å². The number of likely N-dealkylation sites (tertiary alicyclic amines) is 1. The molecular weight excluding hydrogens is 414 g/mol. The SMILES string of the molecule is CNC(=O)C1(Cc2cc(-c3ccccc3C)no2)CCN(C(=O)Cc2ccc(C)c(C)c2)C1. The van der Waals surface area contributed by atoms with Crippen LogP contribution in [0.2, 0.25) is 0 Å². The third kappa shape index (κ3) is 4.70. The average molecular weight is 446 g/mol. The number of hydrogen-bond donors (Lipinski definition) is 1. The Morgan fingerprint density at radius 1 is 1.06 bits per heavy atom. The van der Waals surface area contributed by atoms with Crippen molar-refractivity contribution in [1.29, 1.82) is 0 Å². The lowest BCUT2D eigenvalue weighted by atomic mass is 9.81. The Hall–Kier alpha value is -3.41. The summed E-state index contributed by atoms with van der Waals surface area (Å²) in [6, 6.07) is 16.0. The minimum absolute atomic E-state index is 0.0437. The molecule has 172 valence electrons. The summed E-state index contributed by atoms with van der Waals surface area (Å²) < 4.78 is 5.64. The molecule has 1 aromatic heterocycles. The third-order valence-electron chi connectivity index (χ3n) is 6.83. The largest absolute Gasteiger partial charge is 0.361 e. The Bertz CT molecular complexity index is 1180. The maximum absolute atomic E-state index is 13.0. The summed E-state index contributed by atoms with van der Waals surface area (Å²) in [4.78, 5) is 27.8. The van der Waals surface area contributed by atoms with Gasteiger partial charge in [0.05, 0.1) is 11.8 Å². The normalized spacial score (nSPS) is 17.9. The molecule has 1 unspecified atom stereocenters.